The van der Waals surface area contributed by atoms with E-state index in [1.807, 2.05) is 11.8 Å². The normalized spacial score (nSPS) is 18.6. The maximum Gasteiger partial charge on any atom is 0.474 e. The zero-order valence-electron chi connectivity index (χ0n) is 13.0. The van der Waals surface area contributed by atoms with Gasteiger partial charge in [0.2, 0.25) is 5.88 Å². The maximum absolute atomic E-state index is 12.9. The third-order valence-corrected chi connectivity index (χ3v) is 4.19. The van der Waals surface area contributed by atoms with Gasteiger partial charge in [-0.25, -0.2) is 0 Å². The van der Waals surface area contributed by atoms with Crippen molar-refractivity contribution in [2.45, 2.75) is 18.4 Å². The van der Waals surface area contributed by atoms with Crippen LogP contribution < -0.4 is 14.5 Å². The van der Waals surface area contributed by atoms with Crippen molar-refractivity contribution in [2.75, 3.05) is 24.7 Å². The summed E-state index contributed by atoms with van der Waals surface area (Å²) in [5, 5.41) is 0.159. The minimum atomic E-state index is -4.18. The van der Waals surface area contributed by atoms with E-state index in [0.717, 1.165) is 0 Å². The van der Waals surface area contributed by atoms with Gasteiger partial charge in [-0.1, -0.05) is 6.07 Å². The molecule has 1 atom stereocenters. The lowest BCUT2D eigenvalue weighted by atomic mass is 10.2. The zero-order valence-corrected chi connectivity index (χ0v) is 13.9. The van der Waals surface area contributed by atoms with Crippen LogP contribution in [0.25, 0.3) is 11.0 Å². The Morgan fingerprint density at radius 1 is 1.40 bits per heavy atom. The van der Waals surface area contributed by atoms with Gasteiger partial charge in [-0.3, -0.25) is 4.79 Å². The molecule has 1 unspecified atom stereocenters. The first-order chi connectivity index (χ1) is 11.9. The molecule has 0 bridgehead atoms. The summed E-state index contributed by atoms with van der Waals surface area (Å²) in [6.07, 6.45) is 0. The number of fused-ring (bicyclic) bond motifs is 1. The number of hydrogen-bond acceptors (Lipinski definition) is 7. The van der Waals surface area contributed by atoms with E-state index in [4.69, 9.17) is 13.3 Å². The number of rotatable bonds is 5. The lowest BCUT2D eigenvalue weighted by Crippen LogP contribution is -2.44. The summed E-state index contributed by atoms with van der Waals surface area (Å²) in [6.45, 7) is 3.36. The van der Waals surface area contributed by atoms with E-state index in [9.17, 15) is 18.1 Å². The van der Waals surface area contributed by atoms with Crippen molar-refractivity contribution in [3.05, 3.63) is 34.5 Å². The molecular formula is C15H14F3NO5S. The highest BCUT2D eigenvalue weighted by Gasteiger charge is 2.36. The Morgan fingerprint density at radius 2 is 2.20 bits per heavy atom. The fourth-order valence-electron chi connectivity index (χ4n) is 2.51. The molecule has 2 aromatic rings. The SMILES string of the molecule is CC1COCCN1c1cc(=O)c2cccc(OSC(F)(F)OF)c2o1. The first-order valence-corrected chi connectivity index (χ1v) is 8.10. The Hall–Kier alpha value is -1.91. The molecule has 2 heterocycles. The molecule has 1 aromatic heterocycles. The summed E-state index contributed by atoms with van der Waals surface area (Å²) in [7, 11) is 0. The third kappa shape index (κ3) is 3.86. The second-order valence-corrected chi connectivity index (χ2v) is 6.21. The highest BCUT2D eigenvalue weighted by molar-refractivity contribution is 7.95. The van der Waals surface area contributed by atoms with Crippen molar-refractivity contribution in [1.82, 2.24) is 0 Å². The Morgan fingerprint density at radius 3 is 2.92 bits per heavy atom. The van der Waals surface area contributed by atoms with E-state index in [-0.39, 0.29) is 34.1 Å². The molecular weight excluding hydrogens is 363 g/mol. The minimum Gasteiger partial charge on any atom is -0.436 e. The number of halogens is 3. The first-order valence-electron chi connectivity index (χ1n) is 7.36. The number of hydrogen-bond donors (Lipinski definition) is 0. The molecule has 1 aromatic carbocycles. The van der Waals surface area contributed by atoms with Gasteiger partial charge in [0, 0.05) is 12.6 Å². The van der Waals surface area contributed by atoms with Gasteiger partial charge in [-0.05, 0) is 23.6 Å². The Labute approximate surface area is 144 Å². The summed E-state index contributed by atoms with van der Waals surface area (Å²) >= 11 is -0.532. The van der Waals surface area contributed by atoms with Crippen LogP contribution in [0.1, 0.15) is 6.92 Å². The van der Waals surface area contributed by atoms with Crippen LogP contribution in [-0.2, 0) is 9.68 Å². The van der Waals surface area contributed by atoms with E-state index in [0.29, 0.717) is 19.8 Å². The van der Waals surface area contributed by atoms with Crippen molar-refractivity contribution in [2.24, 2.45) is 0 Å². The largest absolute Gasteiger partial charge is 0.474 e. The van der Waals surface area contributed by atoms with Gasteiger partial charge in [-0.15, -0.1) is 4.94 Å². The summed E-state index contributed by atoms with van der Waals surface area (Å²) in [5.74, 6) is 0.141. The van der Waals surface area contributed by atoms with Gasteiger partial charge < -0.3 is 18.2 Å². The molecule has 0 amide bonds. The molecule has 25 heavy (non-hydrogen) atoms. The molecule has 1 saturated heterocycles. The van der Waals surface area contributed by atoms with Crippen molar-refractivity contribution < 1.29 is 31.6 Å². The van der Waals surface area contributed by atoms with Crippen LogP contribution in [0, 0.1) is 0 Å². The molecule has 0 spiro atoms. The predicted octanol–water partition coefficient (Wildman–Crippen LogP) is 3.50. The minimum absolute atomic E-state index is 0.00847. The van der Waals surface area contributed by atoms with Gasteiger partial charge in [-0.2, -0.15) is 8.78 Å². The van der Waals surface area contributed by atoms with Crippen LogP contribution in [0.5, 0.6) is 5.75 Å². The lowest BCUT2D eigenvalue weighted by Gasteiger charge is -2.33. The summed E-state index contributed by atoms with van der Waals surface area (Å²) in [5.41, 5.74) is -4.54. The molecule has 0 aliphatic carbocycles. The number of para-hydroxylation sites is 1. The molecule has 1 fully saturated rings. The van der Waals surface area contributed by atoms with Crippen molar-refractivity contribution in [3.8, 4) is 5.75 Å². The lowest BCUT2D eigenvalue weighted by molar-refractivity contribution is -0.302. The second-order valence-electron chi connectivity index (χ2n) is 5.41. The van der Waals surface area contributed by atoms with Crippen LogP contribution in [0.2, 0.25) is 0 Å². The molecule has 1 aliphatic heterocycles. The fourth-order valence-corrected chi connectivity index (χ4v) is 2.85. The highest BCUT2D eigenvalue weighted by Crippen LogP contribution is 2.36. The highest BCUT2D eigenvalue weighted by atomic mass is 32.2. The number of benzene rings is 1. The number of alkyl halides is 2. The van der Waals surface area contributed by atoms with E-state index < -0.39 is 17.5 Å². The second kappa shape index (κ2) is 7.14. The number of anilines is 1. The van der Waals surface area contributed by atoms with E-state index >= 15 is 0 Å². The number of nitrogens with zero attached hydrogens (tertiary/aromatic N) is 1. The van der Waals surface area contributed by atoms with Gasteiger partial charge in [0.25, 0.3) is 0 Å². The topological polar surface area (TPSA) is 61.1 Å². The number of ether oxygens (including phenoxy) is 1. The molecule has 10 heteroatoms. The fraction of sp³-hybridized carbons (Fsp3) is 0.400. The Kier molecular flexibility index (Phi) is 5.11. The van der Waals surface area contributed by atoms with Crippen LogP contribution in [0.4, 0.5) is 19.2 Å². The Bertz CT molecular complexity index is 815. The van der Waals surface area contributed by atoms with Crippen LogP contribution >= 0.6 is 12.0 Å². The average Bonchev–Trinajstić information content (AvgIpc) is 2.60. The standard InChI is InChI=1S/C15H14F3NO5S/c1-9-8-21-6-5-19(9)13-7-11(20)10-3-2-4-12(14(10)22-13)23-25-15(16,17)24-18/h2-4,7,9H,5-6,8H2,1H3. The van der Waals surface area contributed by atoms with E-state index in [1.54, 1.807) is 0 Å². The van der Waals surface area contributed by atoms with Crippen molar-refractivity contribution in [3.63, 3.8) is 0 Å². The number of morpholine rings is 1. The van der Waals surface area contributed by atoms with Gasteiger partial charge >= 0.3 is 5.44 Å². The van der Waals surface area contributed by atoms with E-state index in [1.165, 1.54) is 24.3 Å². The molecule has 3 rings (SSSR count). The van der Waals surface area contributed by atoms with Gasteiger partial charge in [0.1, 0.15) is 0 Å². The molecule has 6 nitrogen and oxygen atoms in total. The van der Waals surface area contributed by atoms with Gasteiger partial charge in [0.05, 0.1) is 24.6 Å². The van der Waals surface area contributed by atoms with Gasteiger partial charge in [0.15, 0.2) is 28.8 Å². The summed E-state index contributed by atoms with van der Waals surface area (Å²) in [6, 6.07) is 5.57. The quantitative estimate of drug-likeness (QED) is 0.584. The zero-order chi connectivity index (χ0) is 18.0. The first kappa shape index (κ1) is 17.9. The smallest absolute Gasteiger partial charge is 0.436 e. The predicted molar refractivity (Wildman–Crippen MR) is 85.5 cm³/mol. The van der Waals surface area contributed by atoms with Crippen molar-refractivity contribution >= 4 is 28.9 Å². The third-order valence-electron chi connectivity index (χ3n) is 3.67. The molecule has 0 saturated carbocycles. The van der Waals surface area contributed by atoms with Crippen molar-refractivity contribution in [1.29, 1.82) is 0 Å². The maximum atomic E-state index is 12.9. The van der Waals surface area contributed by atoms with Crippen LogP contribution in [0.15, 0.2) is 33.5 Å². The molecule has 1 aliphatic rings. The summed E-state index contributed by atoms with van der Waals surface area (Å²) < 4.78 is 53.4. The summed E-state index contributed by atoms with van der Waals surface area (Å²) in [4.78, 5) is 16.7. The Balaban J connectivity index is 2.00. The van der Waals surface area contributed by atoms with Crippen LogP contribution in [0.3, 0.4) is 0 Å². The molecule has 136 valence electrons. The van der Waals surface area contributed by atoms with Crippen LogP contribution in [-0.4, -0.2) is 31.2 Å². The average molecular weight is 377 g/mol. The molecule has 0 radical (unpaired) electrons. The monoisotopic (exact) mass is 377 g/mol. The van der Waals surface area contributed by atoms with E-state index in [2.05, 4.69) is 4.94 Å². The molecule has 0 N–H and O–H groups in total.